The van der Waals surface area contributed by atoms with Gasteiger partial charge in [0.05, 0.1) is 12.7 Å². The predicted molar refractivity (Wildman–Crippen MR) is 85.6 cm³/mol. The van der Waals surface area contributed by atoms with E-state index in [0.29, 0.717) is 23.0 Å². The average Bonchev–Trinajstić information content (AvgIpc) is 3.06. The highest BCUT2D eigenvalue weighted by Crippen LogP contribution is 2.28. The second-order valence-electron chi connectivity index (χ2n) is 5.06. The molecule has 2 heterocycles. The second-order valence-corrected chi connectivity index (χ2v) is 5.06. The van der Waals surface area contributed by atoms with Crippen LogP contribution < -0.4 is 10.1 Å². The van der Waals surface area contributed by atoms with Gasteiger partial charge in [-0.25, -0.2) is 0 Å². The number of amides is 1. The van der Waals surface area contributed by atoms with Crippen LogP contribution in [0.4, 0.5) is 0 Å². The maximum Gasteiger partial charge on any atom is 0.253 e. The summed E-state index contributed by atoms with van der Waals surface area (Å²) < 4.78 is 10.5. The van der Waals surface area contributed by atoms with Crippen LogP contribution in [0.15, 0.2) is 53.3 Å². The minimum atomic E-state index is -0.605. The molecule has 2 aromatic heterocycles. The van der Waals surface area contributed by atoms with Gasteiger partial charge in [0, 0.05) is 24.9 Å². The number of benzene rings is 1. The minimum Gasteiger partial charge on any atom is -0.496 e. The average molecular weight is 324 g/mol. The molecule has 0 bridgehead atoms. The van der Waals surface area contributed by atoms with Crippen LogP contribution in [0.2, 0.25) is 0 Å². The SMILES string of the molecule is COc1ccccc1C(NC(=O)c1cccnc1)c1noc(C)n1. The molecule has 0 aliphatic rings. The Morgan fingerprint density at radius 1 is 1.25 bits per heavy atom. The number of carbonyl (C=O) groups excluding carboxylic acids is 1. The zero-order chi connectivity index (χ0) is 16.9. The first kappa shape index (κ1) is 15.7. The van der Waals surface area contributed by atoms with Crippen LogP contribution in [0.5, 0.6) is 5.75 Å². The van der Waals surface area contributed by atoms with E-state index in [-0.39, 0.29) is 5.91 Å². The Balaban J connectivity index is 1.98. The standard InChI is InChI=1S/C17H16N4O3/c1-11-19-16(21-24-11)15(13-7-3-4-8-14(13)23-2)20-17(22)12-6-5-9-18-10-12/h3-10,15H,1-2H3,(H,20,22). The zero-order valence-electron chi connectivity index (χ0n) is 13.3. The highest BCUT2D eigenvalue weighted by Gasteiger charge is 2.25. The van der Waals surface area contributed by atoms with Gasteiger partial charge in [0.15, 0.2) is 5.82 Å². The maximum absolute atomic E-state index is 12.5. The van der Waals surface area contributed by atoms with E-state index >= 15 is 0 Å². The lowest BCUT2D eigenvalue weighted by molar-refractivity contribution is 0.0940. The van der Waals surface area contributed by atoms with Crippen molar-refractivity contribution in [3.05, 3.63) is 71.6 Å². The molecule has 7 heteroatoms. The number of aryl methyl sites for hydroxylation is 1. The summed E-state index contributed by atoms with van der Waals surface area (Å²) >= 11 is 0. The molecular weight excluding hydrogens is 308 g/mol. The number of nitrogens with one attached hydrogen (secondary N) is 1. The molecule has 0 spiro atoms. The van der Waals surface area contributed by atoms with E-state index in [4.69, 9.17) is 9.26 Å². The van der Waals surface area contributed by atoms with Gasteiger partial charge in [-0.3, -0.25) is 9.78 Å². The first-order valence-corrected chi connectivity index (χ1v) is 7.33. The van der Waals surface area contributed by atoms with Crippen molar-refractivity contribution < 1.29 is 14.1 Å². The summed E-state index contributed by atoms with van der Waals surface area (Å²) in [6.07, 6.45) is 3.10. The van der Waals surface area contributed by atoms with E-state index in [1.165, 1.54) is 6.20 Å². The molecule has 0 saturated heterocycles. The lowest BCUT2D eigenvalue weighted by Gasteiger charge is -2.18. The summed E-state index contributed by atoms with van der Waals surface area (Å²) in [5.74, 6) is 1.10. The van der Waals surface area contributed by atoms with E-state index in [9.17, 15) is 4.79 Å². The number of methoxy groups -OCH3 is 1. The Morgan fingerprint density at radius 3 is 2.75 bits per heavy atom. The first-order valence-electron chi connectivity index (χ1n) is 7.33. The lowest BCUT2D eigenvalue weighted by atomic mass is 10.0. The number of hydrogen-bond donors (Lipinski definition) is 1. The third kappa shape index (κ3) is 3.24. The van der Waals surface area contributed by atoms with E-state index in [1.807, 2.05) is 24.3 Å². The summed E-state index contributed by atoms with van der Waals surface area (Å²) in [6, 6.07) is 10.1. The Labute approximate surface area is 138 Å². The molecule has 3 aromatic rings. The van der Waals surface area contributed by atoms with Crippen molar-refractivity contribution in [2.24, 2.45) is 0 Å². The monoisotopic (exact) mass is 324 g/mol. The van der Waals surface area contributed by atoms with Crippen molar-refractivity contribution in [3.63, 3.8) is 0 Å². The molecule has 0 aliphatic heterocycles. The molecule has 1 amide bonds. The van der Waals surface area contributed by atoms with Crippen LogP contribution >= 0.6 is 0 Å². The van der Waals surface area contributed by atoms with Gasteiger partial charge in [-0.2, -0.15) is 4.98 Å². The summed E-state index contributed by atoms with van der Waals surface area (Å²) in [4.78, 5) is 20.7. The smallest absolute Gasteiger partial charge is 0.253 e. The van der Waals surface area contributed by atoms with Crippen molar-refractivity contribution in [1.29, 1.82) is 0 Å². The van der Waals surface area contributed by atoms with Crippen molar-refractivity contribution in [2.45, 2.75) is 13.0 Å². The van der Waals surface area contributed by atoms with Crippen LogP contribution in [0, 0.1) is 6.92 Å². The second kappa shape index (κ2) is 6.91. The fraction of sp³-hybridized carbons (Fsp3) is 0.176. The van der Waals surface area contributed by atoms with Gasteiger partial charge in [0.1, 0.15) is 11.8 Å². The molecule has 7 nitrogen and oxygen atoms in total. The van der Waals surface area contributed by atoms with Crippen LogP contribution in [0.3, 0.4) is 0 Å². The molecule has 1 unspecified atom stereocenters. The Morgan fingerprint density at radius 2 is 2.08 bits per heavy atom. The van der Waals surface area contributed by atoms with Gasteiger partial charge in [-0.05, 0) is 18.2 Å². The van der Waals surface area contributed by atoms with Gasteiger partial charge in [-0.1, -0.05) is 23.4 Å². The van der Waals surface area contributed by atoms with Crippen molar-refractivity contribution in [3.8, 4) is 5.75 Å². The number of para-hydroxylation sites is 1. The Kier molecular flexibility index (Phi) is 4.51. The summed E-state index contributed by atoms with van der Waals surface area (Å²) in [5, 5.41) is 6.85. The molecule has 0 saturated carbocycles. The molecule has 122 valence electrons. The minimum absolute atomic E-state index is 0.290. The van der Waals surface area contributed by atoms with Gasteiger partial charge in [0.2, 0.25) is 5.89 Å². The van der Waals surface area contributed by atoms with E-state index in [1.54, 1.807) is 32.4 Å². The molecule has 1 N–H and O–H groups in total. The third-order valence-corrected chi connectivity index (χ3v) is 3.45. The number of ether oxygens (including phenoxy) is 1. The summed E-state index contributed by atoms with van der Waals surface area (Å²) in [6.45, 7) is 1.69. The maximum atomic E-state index is 12.5. The highest BCUT2D eigenvalue weighted by atomic mass is 16.5. The number of aromatic nitrogens is 3. The van der Waals surface area contributed by atoms with Gasteiger partial charge in [0.25, 0.3) is 5.91 Å². The summed E-state index contributed by atoms with van der Waals surface area (Å²) in [7, 11) is 1.57. The number of nitrogens with zero attached hydrogens (tertiary/aromatic N) is 3. The number of carbonyl (C=O) groups is 1. The molecule has 1 atom stereocenters. The number of pyridine rings is 1. The molecule has 1 aromatic carbocycles. The fourth-order valence-electron chi connectivity index (χ4n) is 2.33. The van der Waals surface area contributed by atoms with Gasteiger partial charge < -0.3 is 14.6 Å². The molecule has 0 fully saturated rings. The lowest BCUT2D eigenvalue weighted by Crippen LogP contribution is -2.30. The predicted octanol–water partition coefficient (Wildman–Crippen LogP) is 2.30. The van der Waals surface area contributed by atoms with Gasteiger partial charge in [-0.15, -0.1) is 0 Å². The zero-order valence-corrected chi connectivity index (χ0v) is 13.3. The largest absolute Gasteiger partial charge is 0.496 e. The quantitative estimate of drug-likeness (QED) is 0.774. The van der Waals surface area contributed by atoms with E-state index < -0.39 is 6.04 Å². The van der Waals surface area contributed by atoms with Crippen LogP contribution in [0.25, 0.3) is 0 Å². The van der Waals surface area contributed by atoms with Crippen LogP contribution in [-0.2, 0) is 0 Å². The Bertz CT molecular complexity index is 833. The van der Waals surface area contributed by atoms with Crippen molar-refractivity contribution in [1.82, 2.24) is 20.4 Å². The topological polar surface area (TPSA) is 90.1 Å². The van der Waals surface area contributed by atoms with Crippen molar-refractivity contribution >= 4 is 5.91 Å². The molecule has 24 heavy (non-hydrogen) atoms. The first-order chi connectivity index (χ1) is 11.7. The number of rotatable bonds is 5. The van der Waals surface area contributed by atoms with Gasteiger partial charge >= 0.3 is 0 Å². The normalized spacial score (nSPS) is 11.8. The molecule has 0 radical (unpaired) electrons. The fourth-order valence-corrected chi connectivity index (χ4v) is 2.33. The van der Waals surface area contributed by atoms with Crippen LogP contribution in [0.1, 0.15) is 33.7 Å². The molecule has 0 aliphatic carbocycles. The molecular formula is C17H16N4O3. The van der Waals surface area contributed by atoms with E-state index in [0.717, 1.165) is 5.56 Å². The number of hydrogen-bond acceptors (Lipinski definition) is 6. The Hall–Kier alpha value is -3.22. The van der Waals surface area contributed by atoms with Crippen LogP contribution in [-0.4, -0.2) is 28.1 Å². The highest BCUT2D eigenvalue weighted by molar-refractivity contribution is 5.94. The van der Waals surface area contributed by atoms with E-state index in [2.05, 4.69) is 20.4 Å². The summed E-state index contributed by atoms with van der Waals surface area (Å²) in [5.41, 5.74) is 1.18. The van der Waals surface area contributed by atoms with Crippen molar-refractivity contribution in [2.75, 3.05) is 7.11 Å². The molecule has 3 rings (SSSR count). The third-order valence-electron chi connectivity index (χ3n) is 3.45.